The summed E-state index contributed by atoms with van der Waals surface area (Å²) < 4.78 is 12.7. The zero-order chi connectivity index (χ0) is 11.1. The molecule has 1 aromatic heterocycles. The lowest BCUT2D eigenvalue weighted by atomic mass is 10.2. The van der Waals surface area contributed by atoms with Gasteiger partial charge in [0.25, 0.3) is 5.91 Å². The zero-order valence-electron chi connectivity index (χ0n) is 8.75. The van der Waals surface area contributed by atoms with E-state index in [0.717, 1.165) is 6.42 Å². The molecule has 4 heteroatoms. The lowest BCUT2D eigenvalue weighted by Gasteiger charge is -2.05. The van der Waals surface area contributed by atoms with Crippen LogP contribution in [0.1, 0.15) is 30.8 Å². The van der Waals surface area contributed by atoms with E-state index < -0.39 is 5.95 Å². The Labute approximate surface area is 87.7 Å². The van der Waals surface area contributed by atoms with E-state index in [4.69, 9.17) is 0 Å². The molecule has 1 aliphatic rings. The third kappa shape index (κ3) is 2.14. The number of pyridine rings is 1. The van der Waals surface area contributed by atoms with E-state index in [1.807, 2.05) is 0 Å². The second kappa shape index (κ2) is 3.29. The number of hydrogen-bond donors (Lipinski definition) is 1. The number of amides is 1. The van der Waals surface area contributed by atoms with Crippen LogP contribution in [0.3, 0.4) is 0 Å². The topological polar surface area (TPSA) is 42.0 Å². The van der Waals surface area contributed by atoms with Crippen molar-refractivity contribution in [3.8, 4) is 0 Å². The summed E-state index contributed by atoms with van der Waals surface area (Å²) in [6.07, 6.45) is 0.966. The molecule has 1 unspecified atom stereocenters. The average molecular weight is 208 g/mol. The second-order valence-electron chi connectivity index (χ2n) is 4.56. The predicted molar refractivity (Wildman–Crippen MR) is 53.8 cm³/mol. The Morgan fingerprint density at radius 1 is 1.60 bits per heavy atom. The Morgan fingerprint density at radius 3 is 2.80 bits per heavy atom. The van der Waals surface area contributed by atoms with Gasteiger partial charge in [0, 0.05) is 6.04 Å². The van der Waals surface area contributed by atoms with Gasteiger partial charge in [-0.25, -0.2) is 4.98 Å². The van der Waals surface area contributed by atoms with E-state index >= 15 is 0 Å². The number of aromatic nitrogens is 1. The summed E-state index contributed by atoms with van der Waals surface area (Å²) in [5, 5.41) is 2.82. The molecule has 1 saturated carbocycles. The van der Waals surface area contributed by atoms with E-state index in [-0.39, 0.29) is 23.1 Å². The monoisotopic (exact) mass is 208 g/mol. The summed E-state index contributed by atoms with van der Waals surface area (Å²) in [6, 6.07) is 4.40. The number of hydrogen-bond acceptors (Lipinski definition) is 2. The number of nitrogens with zero attached hydrogens (tertiary/aromatic N) is 1. The molecule has 1 heterocycles. The minimum atomic E-state index is -0.627. The summed E-state index contributed by atoms with van der Waals surface area (Å²) in [7, 11) is 0. The average Bonchev–Trinajstić information content (AvgIpc) is 2.73. The smallest absolute Gasteiger partial charge is 0.270 e. The molecule has 0 spiro atoms. The molecule has 1 aliphatic carbocycles. The SMILES string of the molecule is CC1(C)CC1NC(=O)c1cccc(F)n1. The van der Waals surface area contributed by atoms with E-state index in [1.165, 1.54) is 18.2 Å². The first kappa shape index (κ1) is 10.1. The zero-order valence-corrected chi connectivity index (χ0v) is 8.75. The van der Waals surface area contributed by atoms with E-state index in [2.05, 4.69) is 24.1 Å². The third-order valence-electron chi connectivity index (χ3n) is 2.77. The summed E-state index contributed by atoms with van der Waals surface area (Å²) in [5.74, 6) is -0.928. The molecule has 80 valence electrons. The number of carbonyl (C=O) groups excluding carboxylic acids is 1. The second-order valence-corrected chi connectivity index (χ2v) is 4.56. The highest BCUT2D eigenvalue weighted by atomic mass is 19.1. The van der Waals surface area contributed by atoms with E-state index in [1.54, 1.807) is 0 Å². The first-order valence-electron chi connectivity index (χ1n) is 4.92. The summed E-state index contributed by atoms with van der Waals surface area (Å²) >= 11 is 0. The van der Waals surface area contributed by atoms with Crippen molar-refractivity contribution in [2.45, 2.75) is 26.3 Å². The van der Waals surface area contributed by atoms with Crippen molar-refractivity contribution in [1.82, 2.24) is 10.3 Å². The first-order chi connectivity index (χ1) is 6.99. The van der Waals surface area contributed by atoms with Crippen LogP contribution in [0.15, 0.2) is 18.2 Å². The third-order valence-corrected chi connectivity index (χ3v) is 2.77. The molecule has 3 nitrogen and oxygen atoms in total. The molecule has 1 amide bonds. The van der Waals surface area contributed by atoms with Crippen LogP contribution in [-0.4, -0.2) is 16.9 Å². The van der Waals surface area contributed by atoms with Crippen LogP contribution in [0.5, 0.6) is 0 Å². The molecular weight excluding hydrogens is 195 g/mol. The Hall–Kier alpha value is -1.45. The van der Waals surface area contributed by atoms with Gasteiger partial charge in [-0.2, -0.15) is 4.39 Å². The van der Waals surface area contributed by atoms with Gasteiger partial charge in [-0.3, -0.25) is 4.79 Å². The van der Waals surface area contributed by atoms with Gasteiger partial charge in [0.2, 0.25) is 5.95 Å². The van der Waals surface area contributed by atoms with Crippen molar-refractivity contribution in [3.05, 3.63) is 29.8 Å². The molecule has 2 rings (SSSR count). The van der Waals surface area contributed by atoms with Crippen LogP contribution in [0.4, 0.5) is 4.39 Å². The molecular formula is C11H13FN2O. The fraction of sp³-hybridized carbons (Fsp3) is 0.455. The molecule has 0 aromatic carbocycles. The summed E-state index contributed by atoms with van der Waals surface area (Å²) in [4.78, 5) is 15.1. The molecule has 1 atom stereocenters. The molecule has 1 fully saturated rings. The van der Waals surface area contributed by atoms with Crippen molar-refractivity contribution in [3.63, 3.8) is 0 Å². The van der Waals surface area contributed by atoms with Gasteiger partial charge in [0.1, 0.15) is 5.69 Å². The largest absolute Gasteiger partial charge is 0.347 e. The summed E-state index contributed by atoms with van der Waals surface area (Å²) in [5.41, 5.74) is 0.306. The standard InChI is InChI=1S/C11H13FN2O/c1-11(2)6-8(11)14-10(15)7-4-3-5-9(12)13-7/h3-5,8H,6H2,1-2H3,(H,14,15). The Bertz CT molecular complexity index is 403. The van der Waals surface area contributed by atoms with Crippen molar-refractivity contribution in [1.29, 1.82) is 0 Å². The molecule has 1 aromatic rings. The minimum Gasteiger partial charge on any atom is -0.347 e. The minimum absolute atomic E-state index is 0.137. The maximum atomic E-state index is 12.7. The fourth-order valence-corrected chi connectivity index (χ4v) is 1.48. The van der Waals surface area contributed by atoms with Crippen LogP contribution in [0.2, 0.25) is 0 Å². The van der Waals surface area contributed by atoms with Gasteiger partial charge >= 0.3 is 0 Å². The Kier molecular flexibility index (Phi) is 2.21. The van der Waals surface area contributed by atoms with Gasteiger partial charge in [-0.1, -0.05) is 19.9 Å². The fourth-order valence-electron chi connectivity index (χ4n) is 1.48. The number of carbonyl (C=O) groups is 1. The lowest BCUT2D eigenvalue weighted by Crippen LogP contribution is -2.29. The van der Waals surface area contributed by atoms with Crippen molar-refractivity contribution < 1.29 is 9.18 Å². The van der Waals surface area contributed by atoms with Crippen molar-refractivity contribution in [2.75, 3.05) is 0 Å². The van der Waals surface area contributed by atoms with Gasteiger partial charge in [-0.15, -0.1) is 0 Å². The van der Waals surface area contributed by atoms with E-state index in [0.29, 0.717) is 0 Å². The predicted octanol–water partition coefficient (Wildman–Crippen LogP) is 1.75. The normalized spacial score (nSPS) is 22.2. The number of nitrogens with one attached hydrogen (secondary N) is 1. The van der Waals surface area contributed by atoms with Crippen LogP contribution in [0.25, 0.3) is 0 Å². The van der Waals surface area contributed by atoms with Crippen LogP contribution in [0, 0.1) is 11.4 Å². The quantitative estimate of drug-likeness (QED) is 0.752. The first-order valence-corrected chi connectivity index (χ1v) is 4.92. The van der Waals surface area contributed by atoms with Crippen molar-refractivity contribution in [2.24, 2.45) is 5.41 Å². The van der Waals surface area contributed by atoms with Crippen LogP contribution in [-0.2, 0) is 0 Å². The molecule has 0 aliphatic heterocycles. The van der Waals surface area contributed by atoms with Gasteiger partial charge in [0.15, 0.2) is 0 Å². The Morgan fingerprint density at radius 2 is 2.27 bits per heavy atom. The van der Waals surface area contributed by atoms with E-state index in [9.17, 15) is 9.18 Å². The molecule has 15 heavy (non-hydrogen) atoms. The number of rotatable bonds is 2. The number of halogens is 1. The highest BCUT2D eigenvalue weighted by molar-refractivity contribution is 5.92. The maximum absolute atomic E-state index is 12.7. The van der Waals surface area contributed by atoms with Crippen LogP contribution < -0.4 is 5.32 Å². The molecule has 1 N–H and O–H groups in total. The van der Waals surface area contributed by atoms with Crippen LogP contribution >= 0.6 is 0 Å². The highest BCUT2D eigenvalue weighted by Gasteiger charge is 2.46. The van der Waals surface area contributed by atoms with Gasteiger partial charge < -0.3 is 5.32 Å². The van der Waals surface area contributed by atoms with Crippen molar-refractivity contribution >= 4 is 5.91 Å². The Balaban J connectivity index is 2.03. The maximum Gasteiger partial charge on any atom is 0.270 e. The molecule has 0 saturated heterocycles. The van der Waals surface area contributed by atoms with Gasteiger partial charge in [0.05, 0.1) is 0 Å². The van der Waals surface area contributed by atoms with Gasteiger partial charge in [-0.05, 0) is 24.0 Å². The summed E-state index contributed by atoms with van der Waals surface area (Å²) in [6.45, 7) is 4.16. The lowest BCUT2D eigenvalue weighted by molar-refractivity contribution is 0.0940. The highest BCUT2D eigenvalue weighted by Crippen LogP contribution is 2.44. The molecule has 0 bridgehead atoms. The molecule has 0 radical (unpaired) electrons.